The summed E-state index contributed by atoms with van der Waals surface area (Å²) in [7, 11) is 0. The quantitative estimate of drug-likeness (QED) is 0.640. The van der Waals surface area contributed by atoms with E-state index >= 15 is 0 Å². The summed E-state index contributed by atoms with van der Waals surface area (Å²) in [5, 5.41) is 12.1. The minimum Gasteiger partial charge on any atom is -0.491 e. The normalized spacial score (nSPS) is 21.9. The van der Waals surface area contributed by atoms with Crippen molar-refractivity contribution in [1.29, 1.82) is 0 Å². The summed E-state index contributed by atoms with van der Waals surface area (Å²) in [5.74, 6) is 1.64. The van der Waals surface area contributed by atoms with Crippen LogP contribution in [0.1, 0.15) is 59.4 Å². The molecule has 0 saturated heterocycles. The molecule has 1 fully saturated rings. The van der Waals surface area contributed by atoms with Crippen molar-refractivity contribution in [3.63, 3.8) is 0 Å². The number of allylic oxidation sites excluding steroid dienone is 1. The number of rotatable bonds is 7. The number of carbonyl (C=O) groups is 1. The first-order valence-electron chi connectivity index (χ1n) is 10.5. The number of amides is 1. The predicted octanol–water partition coefficient (Wildman–Crippen LogP) is 4.83. The van der Waals surface area contributed by atoms with E-state index < -0.39 is 11.7 Å². The number of hydrogen-bond donors (Lipinski definition) is 2. The minimum atomic E-state index is -0.536. The summed E-state index contributed by atoms with van der Waals surface area (Å²) < 4.78 is 11.1. The van der Waals surface area contributed by atoms with Gasteiger partial charge in [0.25, 0.3) is 0 Å². The van der Waals surface area contributed by atoms with Crippen molar-refractivity contribution in [2.45, 2.75) is 64.9 Å². The van der Waals surface area contributed by atoms with Crippen LogP contribution >= 0.6 is 0 Å². The average Bonchev–Trinajstić information content (AvgIpc) is 2.62. The zero-order chi connectivity index (χ0) is 21.7. The summed E-state index contributed by atoms with van der Waals surface area (Å²) in [6.45, 7) is 15.0. The Hall–Kier alpha value is -2.01. The molecule has 0 aromatic heterocycles. The van der Waals surface area contributed by atoms with Crippen LogP contribution in [0.5, 0.6) is 5.75 Å². The van der Waals surface area contributed by atoms with E-state index in [1.165, 1.54) is 5.57 Å². The van der Waals surface area contributed by atoms with Crippen molar-refractivity contribution >= 4 is 6.09 Å². The zero-order valence-electron chi connectivity index (χ0n) is 18.6. The summed E-state index contributed by atoms with van der Waals surface area (Å²) in [5.41, 5.74) is 1.54. The van der Waals surface area contributed by atoms with Crippen LogP contribution in [0.2, 0.25) is 0 Å². The molecular weight excluding hydrogens is 366 g/mol. The van der Waals surface area contributed by atoms with Crippen LogP contribution in [0.15, 0.2) is 36.4 Å². The fourth-order valence-corrected chi connectivity index (χ4v) is 4.22. The maximum Gasteiger partial charge on any atom is 0.407 e. The van der Waals surface area contributed by atoms with Crippen molar-refractivity contribution < 1.29 is 19.4 Å². The fraction of sp³-hybridized carbons (Fsp3) is 0.625. The van der Waals surface area contributed by atoms with Gasteiger partial charge in [0.2, 0.25) is 0 Å². The van der Waals surface area contributed by atoms with Crippen LogP contribution in [0.3, 0.4) is 0 Å². The maximum absolute atomic E-state index is 12.4. The topological polar surface area (TPSA) is 67.8 Å². The third kappa shape index (κ3) is 6.77. The first kappa shape index (κ1) is 23.3. The van der Waals surface area contributed by atoms with E-state index in [0.717, 1.165) is 30.6 Å². The second-order valence-corrected chi connectivity index (χ2v) is 9.57. The lowest BCUT2D eigenvalue weighted by molar-refractivity contribution is 0.0502. The van der Waals surface area contributed by atoms with Crippen LogP contribution in [-0.4, -0.2) is 36.6 Å². The van der Waals surface area contributed by atoms with Crippen LogP contribution in [0, 0.1) is 11.8 Å². The Morgan fingerprint density at radius 2 is 2.00 bits per heavy atom. The molecule has 1 amide bonds. The van der Waals surface area contributed by atoms with Gasteiger partial charge in [0.15, 0.2) is 0 Å². The van der Waals surface area contributed by atoms with Crippen molar-refractivity contribution in [2.75, 3.05) is 19.8 Å². The van der Waals surface area contributed by atoms with Gasteiger partial charge in [-0.3, -0.25) is 0 Å². The lowest BCUT2D eigenvalue weighted by Gasteiger charge is -2.43. The van der Waals surface area contributed by atoms with Crippen molar-refractivity contribution in [3.8, 4) is 5.75 Å². The Bertz CT molecular complexity index is 709. The number of aliphatic hydroxyl groups excluding tert-OH is 1. The Morgan fingerprint density at radius 3 is 2.62 bits per heavy atom. The van der Waals surface area contributed by atoms with Crippen LogP contribution in [-0.2, 0) is 10.2 Å². The molecule has 0 spiro atoms. The monoisotopic (exact) mass is 403 g/mol. The lowest BCUT2D eigenvalue weighted by atomic mass is 9.63. The second-order valence-electron chi connectivity index (χ2n) is 9.57. The van der Waals surface area contributed by atoms with E-state index in [1.54, 1.807) is 0 Å². The van der Waals surface area contributed by atoms with Crippen molar-refractivity contribution in [2.24, 2.45) is 11.8 Å². The molecule has 162 valence electrons. The van der Waals surface area contributed by atoms with Gasteiger partial charge >= 0.3 is 6.09 Å². The highest BCUT2D eigenvalue weighted by Gasteiger charge is 2.39. The van der Waals surface area contributed by atoms with Gasteiger partial charge in [-0.15, -0.1) is 0 Å². The van der Waals surface area contributed by atoms with Gasteiger partial charge in [0, 0.05) is 12.0 Å². The van der Waals surface area contributed by atoms with Gasteiger partial charge in [-0.05, 0) is 69.6 Å². The molecule has 0 aliphatic heterocycles. The summed E-state index contributed by atoms with van der Waals surface area (Å²) >= 11 is 0. The lowest BCUT2D eigenvalue weighted by Crippen LogP contribution is -2.46. The van der Waals surface area contributed by atoms with Gasteiger partial charge in [0.1, 0.15) is 18.0 Å². The molecule has 1 aromatic rings. The molecule has 5 heteroatoms. The first-order valence-corrected chi connectivity index (χ1v) is 10.5. The van der Waals surface area contributed by atoms with E-state index in [-0.39, 0.29) is 18.6 Å². The Balaban J connectivity index is 2.29. The fourth-order valence-electron chi connectivity index (χ4n) is 4.22. The second kappa shape index (κ2) is 9.66. The Labute approximate surface area is 175 Å². The standard InChI is InChI=1S/C24H37NO4/c1-17-12-18(2)14-20(13-17)24(6,16-25-22(27)29-23(3,4)5)19-8-7-9-21(15-19)28-11-10-26/h7-9,15,18,20,26H,1,10-14,16H2,2-6H3,(H,25,27). The Kier molecular flexibility index (Phi) is 7.75. The minimum absolute atomic E-state index is 0.0261. The molecule has 3 unspecified atom stereocenters. The van der Waals surface area contributed by atoms with Gasteiger partial charge in [-0.2, -0.15) is 0 Å². The third-order valence-electron chi connectivity index (χ3n) is 5.61. The van der Waals surface area contributed by atoms with E-state index in [4.69, 9.17) is 14.6 Å². The number of ether oxygens (including phenoxy) is 2. The van der Waals surface area contributed by atoms with Gasteiger partial charge < -0.3 is 19.9 Å². The van der Waals surface area contributed by atoms with Gasteiger partial charge in [0.05, 0.1) is 6.61 Å². The molecule has 29 heavy (non-hydrogen) atoms. The molecule has 0 heterocycles. The third-order valence-corrected chi connectivity index (χ3v) is 5.61. The molecular formula is C24H37NO4. The average molecular weight is 404 g/mol. The molecule has 5 nitrogen and oxygen atoms in total. The molecule has 1 saturated carbocycles. The number of aliphatic hydroxyl groups is 1. The molecule has 0 bridgehead atoms. The number of hydrogen-bond acceptors (Lipinski definition) is 4. The molecule has 2 N–H and O–H groups in total. The largest absolute Gasteiger partial charge is 0.491 e. The highest BCUT2D eigenvalue weighted by Crippen LogP contribution is 2.44. The molecule has 1 aliphatic carbocycles. The van der Waals surface area contributed by atoms with Crippen molar-refractivity contribution in [1.82, 2.24) is 5.32 Å². The van der Waals surface area contributed by atoms with Crippen LogP contribution < -0.4 is 10.1 Å². The molecule has 2 rings (SSSR count). The summed E-state index contributed by atoms with van der Waals surface area (Å²) in [6, 6.07) is 7.97. The molecule has 3 atom stereocenters. The van der Waals surface area contributed by atoms with Crippen LogP contribution in [0.25, 0.3) is 0 Å². The van der Waals surface area contributed by atoms with Gasteiger partial charge in [-0.1, -0.05) is 38.1 Å². The molecule has 0 radical (unpaired) electrons. The predicted molar refractivity (Wildman–Crippen MR) is 116 cm³/mol. The van der Waals surface area contributed by atoms with Crippen molar-refractivity contribution in [3.05, 3.63) is 42.0 Å². The zero-order valence-corrected chi connectivity index (χ0v) is 18.6. The number of nitrogens with one attached hydrogen (secondary N) is 1. The summed E-state index contributed by atoms with van der Waals surface area (Å²) in [4.78, 5) is 12.4. The number of alkyl carbamates (subject to hydrolysis) is 1. The SMILES string of the molecule is C=C1CC(C)CC(C(C)(CNC(=O)OC(C)(C)C)c2cccc(OCCO)c2)C1. The highest BCUT2D eigenvalue weighted by atomic mass is 16.6. The van der Waals surface area contributed by atoms with Gasteiger partial charge in [-0.25, -0.2) is 4.79 Å². The molecule has 1 aromatic carbocycles. The van der Waals surface area contributed by atoms with Crippen LogP contribution in [0.4, 0.5) is 4.79 Å². The van der Waals surface area contributed by atoms with E-state index in [0.29, 0.717) is 18.4 Å². The maximum atomic E-state index is 12.4. The smallest absolute Gasteiger partial charge is 0.407 e. The number of benzene rings is 1. The van der Waals surface area contributed by atoms with E-state index in [9.17, 15) is 4.79 Å². The molecule has 1 aliphatic rings. The highest BCUT2D eigenvalue weighted by molar-refractivity contribution is 5.67. The first-order chi connectivity index (χ1) is 13.5. The van der Waals surface area contributed by atoms with E-state index in [1.807, 2.05) is 39.0 Å². The summed E-state index contributed by atoms with van der Waals surface area (Å²) in [6.07, 6.45) is 2.68. The Morgan fingerprint density at radius 1 is 1.28 bits per heavy atom. The number of carbonyl (C=O) groups excluding carboxylic acids is 1. The van der Waals surface area contributed by atoms with E-state index in [2.05, 4.69) is 31.8 Å².